The second kappa shape index (κ2) is 6.50. The minimum atomic E-state index is 0.130. The Balaban J connectivity index is 1.91. The summed E-state index contributed by atoms with van der Waals surface area (Å²) < 4.78 is 0. The number of hydrogen-bond donors (Lipinski definition) is 1. The minimum absolute atomic E-state index is 0.130. The standard InChI is InChI=1S/C19H32N2/c1-14(2)15-6-8-16(9-7-15)18(20)13-21-11-10-17(12-21)19(3,4)5/h6-9,14,17-18H,10-13,20H2,1-5H3. The molecule has 2 heteroatoms. The molecule has 118 valence electrons. The maximum Gasteiger partial charge on any atom is 0.0424 e. The predicted octanol–water partition coefficient (Wildman–Crippen LogP) is 4.18. The van der Waals surface area contributed by atoms with E-state index in [0.717, 1.165) is 12.5 Å². The molecule has 0 aromatic heterocycles. The zero-order valence-corrected chi connectivity index (χ0v) is 14.4. The Labute approximate surface area is 130 Å². The van der Waals surface area contributed by atoms with E-state index in [9.17, 15) is 0 Å². The molecular weight excluding hydrogens is 256 g/mol. The van der Waals surface area contributed by atoms with E-state index in [1.54, 1.807) is 0 Å². The molecule has 0 saturated carbocycles. The molecule has 2 atom stereocenters. The zero-order valence-electron chi connectivity index (χ0n) is 14.4. The molecule has 2 nitrogen and oxygen atoms in total. The van der Waals surface area contributed by atoms with Gasteiger partial charge in [-0.25, -0.2) is 0 Å². The van der Waals surface area contributed by atoms with E-state index in [2.05, 4.69) is 63.8 Å². The maximum atomic E-state index is 6.41. The van der Waals surface area contributed by atoms with Crippen LogP contribution in [0.3, 0.4) is 0 Å². The lowest BCUT2D eigenvalue weighted by Crippen LogP contribution is -2.32. The third-order valence-electron chi connectivity index (χ3n) is 4.98. The molecule has 1 aromatic rings. The van der Waals surface area contributed by atoms with Gasteiger partial charge in [0.05, 0.1) is 0 Å². The third-order valence-corrected chi connectivity index (χ3v) is 4.98. The normalized spacial score (nSPS) is 22.0. The third kappa shape index (κ3) is 4.31. The van der Waals surface area contributed by atoms with Crippen LogP contribution in [0.5, 0.6) is 0 Å². The molecule has 0 aliphatic carbocycles. The highest BCUT2D eigenvalue weighted by molar-refractivity contribution is 5.26. The molecule has 0 radical (unpaired) electrons. The molecule has 0 amide bonds. The van der Waals surface area contributed by atoms with Gasteiger partial charge in [0.1, 0.15) is 0 Å². The first-order valence-electron chi connectivity index (χ1n) is 8.35. The Morgan fingerprint density at radius 3 is 2.19 bits per heavy atom. The van der Waals surface area contributed by atoms with Gasteiger partial charge >= 0.3 is 0 Å². The Hall–Kier alpha value is -0.860. The fraction of sp³-hybridized carbons (Fsp3) is 0.684. The van der Waals surface area contributed by atoms with Crippen molar-refractivity contribution in [2.45, 2.75) is 53.0 Å². The quantitative estimate of drug-likeness (QED) is 0.900. The van der Waals surface area contributed by atoms with Crippen LogP contribution in [0.15, 0.2) is 24.3 Å². The molecule has 1 heterocycles. The lowest BCUT2D eigenvalue weighted by Gasteiger charge is -2.28. The molecule has 1 fully saturated rings. The van der Waals surface area contributed by atoms with Crippen LogP contribution in [0.2, 0.25) is 0 Å². The molecule has 21 heavy (non-hydrogen) atoms. The van der Waals surface area contributed by atoms with E-state index in [-0.39, 0.29) is 6.04 Å². The summed E-state index contributed by atoms with van der Waals surface area (Å²) in [5.74, 6) is 1.38. The van der Waals surface area contributed by atoms with Crippen molar-refractivity contribution in [1.82, 2.24) is 4.90 Å². The van der Waals surface area contributed by atoms with E-state index in [1.807, 2.05) is 0 Å². The van der Waals surface area contributed by atoms with Crippen LogP contribution < -0.4 is 5.73 Å². The van der Waals surface area contributed by atoms with Gasteiger partial charge in [-0.3, -0.25) is 0 Å². The number of benzene rings is 1. The summed E-state index contributed by atoms with van der Waals surface area (Å²) in [6.45, 7) is 14.9. The monoisotopic (exact) mass is 288 g/mol. The first-order chi connectivity index (χ1) is 9.77. The topological polar surface area (TPSA) is 29.3 Å². The van der Waals surface area contributed by atoms with E-state index in [1.165, 1.54) is 30.6 Å². The molecule has 2 unspecified atom stereocenters. The van der Waals surface area contributed by atoms with Crippen LogP contribution in [0, 0.1) is 11.3 Å². The number of nitrogens with two attached hydrogens (primary N) is 1. The highest BCUT2D eigenvalue weighted by atomic mass is 15.2. The summed E-state index contributed by atoms with van der Waals surface area (Å²) in [5.41, 5.74) is 9.48. The lowest BCUT2D eigenvalue weighted by atomic mass is 9.80. The summed E-state index contributed by atoms with van der Waals surface area (Å²) in [7, 11) is 0. The van der Waals surface area contributed by atoms with Gasteiger partial charge < -0.3 is 10.6 Å². The predicted molar refractivity (Wildman–Crippen MR) is 91.5 cm³/mol. The summed E-state index contributed by atoms with van der Waals surface area (Å²) >= 11 is 0. The fourth-order valence-corrected chi connectivity index (χ4v) is 3.22. The van der Waals surface area contributed by atoms with Crippen molar-refractivity contribution in [3.05, 3.63) is 35.4 Å². The van der Waals surface area contributed by atoms with Crippen molar-refractivity contribution in [2.24, 2.45) is 17.1 Å². The van der Waals surface area contributed by atoms with E-state index < -0.39 is 0 Å². The van der Waals surface area contributed by atoms with Gasteiger partial charge in [-0.2, -0.15) is 0 Å². The maximum absolute atomic E-state index is 6.41. The Morgan fingerprint density at radius 2 is 1.71 bits per heavy atom. The summed E-state index contributed by atoms with van der Waals surface area (Å²) in [6, 6.07) is 8.99. The van der Waals surface area contributed by atoms with Gasteiger partial charge in [-0.15, -0.1) is 0 Å². The van der Waals surface area contributed by atoms with Crippen molar-refractivity contribution in [1.29, 1.82) is 0 Å². The SMILES string of the molecule is CC(C)c1ccc(C(N)CN2CCC(C(C)(C)C)C2)cc1. The van der Waals surface area contributed by atoms with Crippen molar-refractivity contribution in [3.8, 4) is 0 Å². The number of nitrogens with zero attached hydrogens (tertiary/aromatic N) is 1. The molecule has 0 spiro atoms. The second-order valence-electron chi connectivity index (χ2n) is 8.04. The van der Waals surface area contributed by atoms with Gasteiger partial charge in [0.2, 0.25) is 0 Å². The number of hydrogen-bond acceptors (Lipinski definition) is 2. The largest absolute Gasteiger partial charge is 0.323 e. The van der Waals surface area contributed by atoms with Gasteiger partial charge in [-0.05, 0) is 41.3 Å². The summed E-state index contributed by atoms with van der Waals surface area (Å²) in [6.07, 6.45) is 1.31. The first kappa shape index (κ1) is 16.5. The fourth-order valence-electron chi connectivity index (χ4n) is 3.22. The van der Waals surface area contributed by atoms with Crippen LogP contribution in [0.4, 0.5) is 0 Å². The smallest absolute Gasteiger partial charge is 0.0424 e. The van der Waals surface area contributed by atoms with Crippen molar-refractivity contribution in [3.63, 3.8) is 0 Å². The number of likely N-dealkylation sites (tertiary alicyclic amines) is 1. The average molecular weight is 288 g/mol. The second-order valence-corrected chi connectivity index (χ2v) is 8.04. The van der Waals surface area contributed by atoms with Crippen LogP contribution in [0.25, 0.3) is 0 Å². The minimum Gasteiger partial charge on any atom is -0.323 e. The van der Waals surface area contributed by atoms with Gasteiger partial charge in [0.15, 0.2) is 0 Å². The van der Waals surface area contributed by atoms with Crippen LogP contribution in [-0.2, 0) is 0 Å². The van der Waals surface area contributed by atoms with Crippen LogP contribution in [-0.4, -0.2) is 24.5 Å². The highest BCUT2D eigenvalue weighted by Gasteiger charge is 2.32. The summed E-state index contributed by atoms with van der Waals surface area (Å²) in [4.78, 5) is 2.54. The van der Waals surface area contributed by atoms with Gasteiger partial charge in [0.25, 0.3) is 0 Å². The molecule has 1 saturated heterocycles. The Bertz CT molecular complexity index is 442. The highest BCUT2D eigenvalue weighted by Crippen LogP contribution is 2.34. The Morgan fingerprint density at radius 1 is 1.14 bits per heavy atom. The molecular formula is C19H32N2. The molecule has 2 N–H and O–H groups in total. The van der Waals surface area contributed by atoms with E-state index >= 15 is 0 Å². The molecule has 1 aliphatic heterocycles. The Kier molecular flexibility index (Phi) is 5.11. The lowest BCUT2D eigenvalue weighted by molar-refractivity contribution is 0.224. The molecule has 2 rings (SSSR count). The van der Waals surface area contributed by atoms with Gasteiger partial charge in [-0.1, -0.05) is 58.9 Å². The number of rotatable bonds is 4. The van der Waals surface area contributed by atoms with E-state index in [4.69, 9.17) is 5.73 Å². The van der Waals surface area contributed by atoms with Crippen LogP contribution in [0.1, 0.15) is 64.1 Å². The van der Waals surface area contributed by atoms with E-state index in [0.29, 0.717) is 11.3 Å². The van der Waals surface area contributed by atoms with Crippen molar-refractivity contribution < 1.29 is 0 Å². The first-order valence-corrected chi connectivity index (χ1v) is 8.35. The van der Waals surface area contributed by atoms with Gasteiger partial charge in [0, 0.05) is 19.1 Å². The van der Waals surface area contributed by atoms with Crippen molar-refractivity contribution >= 4 is 0 Å². The van der Waals surface area contributed by atoms with Crippen molar-refractivity contribution in [2.75, 3.05) is 19.6 Å². The summed E-state index contributed by atoms with van der Waals surface area (Å²) in [5, 5.41) is 0. The average Bonchev–Trinajstić information content (AvgIpc) is 2.87. The molecule has 1 aromatic carbocycles. The molecule has 0 bridgehead atoms. The molecule has 1 aliphatic rings. The zero-order chi connectivity index (χ0) is 15.6. The van der Waals surface area contributed by atoms with Crippen LogP contribution >= 0.6 is 0 Å².